The van der Waals surface area contributed by atoms with Gasteiger partial charge in [-0.2, -0.15) is 0 Å². The van der Waals surface area contributed by atoms with Crippen molar-refractivity contribution >= 4 is 48.9 Å². The number of ether oxygens (including phenoxy) is 4. The van der Waals surface area contributed by atoms with Crippen LogP contribution in [0.5, 0.6) is 11.5 Å². The van der Waals surface area contributed by atoms with Crippen molar-refractivity contribution in [1.29, 1.82) is 0 Å². The highest BCUT2D eigenvalue weighted by atomic mass is 35.5. The molecule has 6 rings (SSSR count). The minimum Gasteiger partial charge on any atom is -0.491 e. The van der Waals surface area contributed by atoms with Crippen molar-refractivity contribution in [2.24, 2.45) is 0 Å². The molecule has 0 spiro atoms. The van der Waals surface area contributed by atoms with Gasteiger partial charge in [0, 0.05) is 34.6 Å². The lowest BCUT2D eigenvalue weighted by Gasteiger charge is -2.27. The van der Waals surface area contributed by atoms with Crippen molar-refractivity contribution in [1.82, 2.24) is 10.6 Å². The van der Waals surface area contributed by atoms with E-state index in [1.165, 1.54) is 0 Å². The smallest absolute Gasteiger partial charge is 0.491 e. The van der Waals surface area contributed by atoms with Crippen LogP contribution >= 0.6 is 11.6 Å². The SMILES string of the molecule is CC(C)(C)OC(=O)NCC1OB2OC(C)(CO)COc3ccc(Cl)c1c32.CC(C)(C)OC(=O)NCC1OB2OC(C)(CO)COc3cccc1c32. The Morgan fingerprint density at radius 1 is 0.804 bits per heavy atom. The van der Waals surface area contributed by atoms with E-state index in [1.54, 1.807) is 46.8 Å². The Kier molecular flexibility index (Phi) is 11.5. The number of carbonyl (C=O) groups is 2. The summed E-state index contributed by atoms with van der Waals surface area (Å²) in [5, 5.41) is 25.2. The average molecular weight is 733 g/mol. The Bertz CT molecular complexity index is 1600. The fourth-order valence-corrected chi connectivity index (χ4v) is 6.04. The summed E-state index contributed by atoms with van der Waals surface area (Å²) in [6, 6.07) is 9.14. The van der Waals surface area contributed by atoms with Crippen molar-refractivity contribution < 1.29 is 57.4 Å². The third-order valence-corrected chi connectivity index (χ3v) is 8.52. The van der Waals surface area contributed by atoms with Gasteiger partial charge in [0.2, 0.25) is 0 Å². The minimum atomic E-state index is -0.902. The van der Waals surface area contributed by atoms with Crippen LogP contribution in [0.2, 0.25) is 5.02 Å². The predicted molar refractivity (Wildman–Crippen MR) is 189 cm³/mol. The Balaban J connectivity index is 0.000000198. The molecule has 0 radical (unpaired) electrons. The van der Waals surface area contributed by atoms with Crippen molar-refractivity contribution in [2.75, 3.05) is 39.5 Å². The van der Waals surface area contributed by atoms with Gasteiger partial charge in [0.05, 0.1) is 25.4 Å². The zero-order valence-electron chi connectivity index (χ0n) is 30.3. The van der Waals surface area contributed by atoms with Gasteiger partial charge in [-0.3, -0.25) is 0 Å². The molecular weight excluding hydrogens is 685 g/mol. The Morgan fingerprint density at radius 2 is 1.29 bits per heavy atom. The topological polar surface area (TPSA) is 172 Å². The summed E-state index contributed by atoms with van der Waals surface area (Å²) in [5.74, 6) is 1.28. The van der Waals surface area contributed by atoms with E-state index in [2.05, 4.69) is 10.6 Å². The number of nitrogens with one attached hydrogen (secondary N) is 2. The maximum Gasteiger partial charge on any atom is 0.499 e. The first-order valence-corrected chi connectivity index (χ1v) is 17.2. The number of aliphatic hydroxyl groups excluding tert-OH is 2. The molecule has 4 atom stereocenters. The van der Waals surface area contributed by atoms with Crippen LogP contribution in [0.4, 0.5) is 9.59 Å². The number of benzene rings is 2. The number of halogens is 1. The van der Waals surface area contributed by atoms with E-state index in [0.29, 0.717) is 27.5 Å². The second-order valence-electron chi connectivity index (χ2n) is 15.3. The van der Waals surface area contributed by atoms with Crippen molar-refractivity contribution in [2.45, 2.75) is 90.0 Å². The van der Waals surface area contributed by atoms with Crippen LogP contribution in [0.3, 0.4) is 0 Å². The number of amides is 2. The lowest BCUT2D eigenvalue weighted by Crippen LogP contribution is -2.45. The van der Waals surface area contributed by atoms with Crippen LogP contribution in [0.1, 0.15) is 78.7 Å². The molecule has 2 aromatic carbocycles. The van der Waals surface area contributed by atoms with Gasteiger partial charge in [-0.1, -0.05) is 23.7 Å². The molecule has 4 aliphatic rings. The Hall–Kier alpha value is -3.24. The fourth-order valence-electron chi connectivity index (χ4n) is 5.76. The fraction of sp³-hybridized carbons (Fsp3) is 0.588. The van der Waals surface area contributed by atoms with Crippen LogP contribution in [0.25, 0.3) is 0 Å². The summed E-state index contributed by atoms with van der Waals surface area (Å²) >= 11 is 6.38. The van der Waals surface area contributed by atoms with Gasteiger partial charge < -0.3 is 58.4 Å². The molecule has 0 aliphatic carbocycles. The average Bonchev–Trinajstić information content (AvgIpc) is 3.48. The second-order valence-corrected chi connectivity index (χ2v) is 15.7. The Labute approximate surface area is 304 Å². The van der Waals surface area contributed by atoms with E-state index in [0.717, 1.165) is 11.0 Å². The predicted octanol–water partition coefficient (Wildman–Crippen LogP) is 2.93. The van der Waals surface area contributed by atoms with E-state index in [4.69, 9.17) is 49.2 Å². The zero-order chi connectivity index (χ0) is 37.4. The number of alkyl carbamates (subject to hydrolysis) is 2. The van der Waals surface area contributed by atoms with Crippen molar-refractivity contribution in [3.8, 4) is 11.5 Å². The molecule has 51 heavy (non-hydrogen) atoms. The van der Waals surface area contributed by atoms with Gasteiger partial charge >= 0.3 is 26.4 Å². The molecule has 4 heterocycles. The highest BCUT2D eigenvalue weighted by Crippen LogP contribution is 2.37. The van der Waals surface area contributed by atoms with Crippen LogP contribution in [-0.4, -0.2) is 98.6 Å². The van der Waals surface area contributed by atoms with Gasteiger partial charge in [-0.15, -0.1) is 0 Å². The molecule has 17 heteroatoms. The highest BCUT2D eigenvalue weighted by molar-refractivity contribution is 6.65. The first kappa shape index (κ1) is 39.0. The van der Waals surface area contributed by atoms with Crippen LogP contribution < -0.4 is 31.0 Å². The monoisotopic (exact) mass is 732 g/mol. The number of carbonyl (C=O) groups excluding carboxylic acids is 2. The first-order valence-electron chi connectivity index (χ1n) is 16.9. The number of hydrogen-bond donors (Lipinski definition) is 4. The third kappa shape index (κ3) is 9.41. The van der Waals surface area contributed by atoms with E-state index in [1.807, 2.05) is 39.0 Å². The van der Waals surface area contributed by atoms with E-state index in [9.17, 15) is 19.8 Å². The van der Waals surface area contributed by atoms with Gasteiger partial charge in [0.15, 0.2) is 0 Å². The van der Waals surface area contributed by atoms with Gasteiger partial charge in [-0.05, 0) is 79.2 Å². The van der Waals surface area contributed by atoms with Gasteiger partial charge in [0.1, 0.15) is 47.1 Å². The lowest BCUT2D eigenvalue weighted by molar-refractivity contribution is -0.0271. The maximum atomic E-state index is 11.9. The molecule has 0 saturated heterocycles. The zero-order valence-corrected chi connectivity index (χ0v) is 31.0. The third-order valence-electron chi connectivity index (χ3n) is 8.19. The molecule has 278 valence electrons. The van der Waals surface area contributed by atoms with Crippen LogP contribution in [0, 0.1) is 0 Å². The molecule has 4 aliphatic heterocycles. The molecule has 0 aromatic heterocycles. The van der Waals surface area contributed by atoms with Crippen molar-refractivity contribution in [3.05, 3.63) is 46.5 Å². The second kappa shape index (κ2) is 15.0. The summed E-state index contributed by atoms with van der Waals surface area (Å²) in [5.41, 5.74) is 0.228. The van der Waals surface area contributed by atoms with Crippen LogP contribution in [-0.2, 0) is 28.1 Å². The molecule has 4 unspecified atom stereocenters. The van der Waals surface area contributed by atoms with Gasteiger partial charge in [0.25, 0.3) is 0 Å². The molecule has 0 saturated carbocycles. The van der Waals surface area contributed by atoms with E-state index < -0.39 is 54.9 Å². The summed E-state index contributed by atoms with van der Waals surface area (Å²) in [6.07, 6.45) is -1.93. The first-order chi connectivity index (χ1) is 23.8. The largest absolute Gasteiger partial charge is 0.499 e. The lowest BCUT2D eigenvalue weighted by atomic mass is 9.77. The number of rotatable bonds is 6. The summed E-state index contributed by atoms with van der Waals surface area (Å²) in [7, 11) is -1.37. The molecule has 0 bridgehead atoms. The Morgan fingerprint density at radius 3 is 1.82 bits per heavy atom. The molecule has 14 nitrogen and oxygen atoms in total. The highest BCUT2D eigenvalue weighted by Gasteiger charge is 2.49. The number of hydrogen-bond acceptors (Lipinski definition) is 12. The summed E-state index contributed by atoms with van der Waals surface area (Å²) in [4.78, 5) is 23.8. The van der Waals surface area contributed by atoms with Gasteiger partial charge in [-0.25, -0.2) is 9.59 Å². The summed E-state index contributed by atoms with van der Waals surface area (Å²) in [6.45, 7) is 14.8. The molecule has 2 amide bonds. The molecular formula is C34H47B2ClN2O12. The standard InChI is InChI=1S/C17H23BClNO6.C17H24BNO6/c1-16(2,3)24-15(22)20-7-12-13-10(19)5-6-11-14(13)18(25-12)26-17(4,8-21)9-23-11;1-16(2,3)23-15(21)19-8-13-11-6-5-7-12-14(11)18(24-13)25-17(4,9-20)10-22-12/h5-6,12,21H,7-9H2,1-4H3,(H,20,22);5-7,13,20H,8-10H2,1-4H3,(H,19,21). The molecule has 0 fully saturated rings. The van der Waals surface area contributed by atoms with Crippen molar-refractivity contribution in [3.63, 3.8) is 0 Å². The van der Waals surface area contributed by atoms with E-state index >= 15 is 0 Å². The van der Waals surface area contributed by atoms with E-state index in [-0.39, 0.29) is 45.6 Å². The molecule has 4 N–H and O–H groups in total. The molecule has 2 aromatic rings. The quantitative estimate of drug-likeness (QED) is 0.321. The normalized spacial score (nSPS) is 24.8. The number of aliphatic hydroxyl groups is 2. The maximum absolute atomic E-state index is 11.9. The summed E-state index contributed by atoms with van der Waals surface area (Å²) < 4.78 is 46.0. The van der Waals surface area contributed by atoms with Crippen LogP contribution in [0.15, 0.2) is 30.3 Å². The minimum absolute atomic E-state index is 0.167.